The normalized spacial score (nSPS) is 11.8. The summed E-state index contributed by atoms with van der Waals surface area (Å²) in [4.78, 5) is 0. The molecule has 0 radical (unpaired) electrons. The maximum atomic E-state index is 6.35. The smallest absolute Gasteiger partial charge is 0.185 e. The quantitative estimate of drug-likeness (QED) is 0.725. The van der Waals surface area contributed by atoms with Crippen molar-refractivity contribution in [3.05, 3.63) is 71.8 Å². The SMILES string of the molecule is C[Si](C)(C)OC(c1ccccc1)c1ccccc1. The summed E-state index contributed by atoms with van der Waals surface area (Å²) in [6, 6.07) is 20.9. The van der Waals surface area contributed by atoms with E-state index in [9.17, 15) is 0 Å². The van der Waals surface area contributed by atoms with Gasteiger partial charge in [0, 0.05) is 0 Å². The molecule has 0 aliphatic rings. The molecule has 0 heterocycles. The van der Waals surface area contributed by atoms with E-state index in [1.165, 1.54) is 11.1 Å². The van der Waals surface area contributed by atoms with Crippen molar-refractivity contribution in [1.82, 2.24) is 0 Å². The third-order valence-electron chi connectivity index (χ3n) is 2.68. The second-order valence-electron chi connectivity index (χ2n) is 5.43. The average molecular weight is 256 g/mol. The Bertz CT molecular complexity index is 434. The lowest BCUT2D eigenvalue weighted by atomic mass is 10.0. The first kappa shape index (κ1) is 13.1. The summed E-state index contributed by atoms with van der Waals surface area (Å²) in [6.45, 7) is 6.68. The molecule has 0 unspecified atom stereocenters. The summed E-state index contributed by atoms with van der Waals surface area (Å²) in [7, 11) is -1.59. The fraction of sp³-hybridized carbons (Fsp3) is 0.250. The van der Waals surface area contributed by atoms with Gasteiger partial charge in [-0.1, -0.05) is 60.7 Å². The molecule has 0 spiro atoms. The Labute approximate surface area is 111 Å². The van der Waals surface area contributed by atoms with Gasteiger partial charge >= 0.3 is 0 Å². The van der Waals surface area contributed by atoms with Gasteiger partial charge in [0.25, 0.3) is 0 Å². The Kier molecular flexibility index (Phi) is 3.99. The predicted molar refractivity (Wildman–Crippen MR) is 79.2 cm³/mol. The standard InChI is InChI=1S/C16H20OSi/c1-18(2,3)17-16(14-10-6-4-7-11-14)15-12-8-5-9-13-15/h4-13,16H,1-3H3. The van der Waals surface area contributed by atoms with Crippen molar-refractivity contribution < 1.29 is 4.43 Å². The van der Waals surface area contributed by atoms with Crippen LogP contribution in [0.1, 0.15) is 17.2 Å². The molecule has 2 heteroatoms. The van der Waals surface area contributed by atoms with Gasteiger partial charge in [0.15, 0.2) is 8.32 Å². The molecule has 0 aliphatic heterocycles. The zero-order valence-corrected chi connectivity index (χ0v) is 12.3. The molecule has 0 amide bonds. The number of rotatable bonds is 4. The summed E-state index contributed by atoms with van der Waals surface area (Å²) in [6.07, 6.45) is 0.0547. The summed E-state index contributed by atoms with van der Waals surface area (Å²) in [5.74, 6) is 0. The van der Waals surface area contributed by atoms with Gasteiger partial charge in [-0.3, -0.25) is 0 Å². The Morgan fingerprint density at radius 3 is 1.44 bits per heavy atom. The van der Waals surface area contributed by atoms with Crippen LogP contribution in [0.25, 0.3) is 0 Å². The Morgan fingerprint density at radius 2 is 1.11 bits per heavy atom. The summed E-state index contributed by atoms with van der Waals surface area (Å²) in [5, 5.41) is 0. The van der Waals surface area contributed by atoms with Gasteiger partial charge in [0.2, 0.25) is 0 Å². The zero-order chi connectivity index (χ0) is 13.0. The Hall–Kier alpha value is -1.38. The van der Waals surface area contributed by atoms with Crippen LogP contribution in [0.2, 0.25) is 19.6 Å². The molecule has 2 aromatic rings. The molecule has 0 saturated carbocycles. The number of hydrogen-bond donors (Lipinski definition) is 0. The van der Waals surface area contributed by atoms with Crippen LogP contribution in [0.3, 0.4) is 0 Å². The first-order chi connectivity index (χ1) is 8.56. The van der Waals surface area contributed by atoms with Gasteiger partial charge in [-0.15, -0.1) is 0 Å². The molecule has 0 fully saturated rings. The van der Waals surface area contributed by atoms with Crippen molar-refractivity contribution in [3.8, 4) is 0 Å². The van der Waals surface area contributed by atoms with E-state index < -0.39 is 8.32 Å². The van der Waals surface area contributed by atoms with E-state index >= 15 is 0 Å². The maximum Gasteiger partial charge on any atom is 0.185 e. The minimum atomic E-state index is -1.59. The molecule has 2 aromatic carbocycles. The third kappa shape index (κ3) is 3.55. The topological polar surface area (TPSA) is 9.23 Å². The van der Waals surface area contributed by atoms with Crippen molar-refractivity contribution in [2.45, 2.75) is 25.7 Å². The van der Waals surface area contributed by atoms with Gasteiger partial charge in [-0.25, -0.2) is 0 Å². The predicted octanol–water partition coefficient (Wildman–Crippen LogP) is 4.63. The monoisotopic (exact) mass is 256 g/mol. The van der Waals surface area contributed by atoms with Crippen LogP contribution in [0.5, 0.6) is 0 Å². The van der Waals surface area contributed by atoms with Gasteiger partial charge < -0.3 is 4.43 Å². The molecule has 2 rings (SSSR count). The second kappa shape index (κ2) is 5.51. The highest BCUT2D eigenvalue weighted by atomic mass is 28.4. The van der Waals surface area contributed by atoms with E-state index in [4.69, 9.17) is 4.43 Å². The highest BCUT2D eigenvalue weighted by Crippen LogP contribution is 2.28. The zero-order valence-electron chi connectivity index (χ0n) is 11.3. The fourth-order valence-electron chi connectivity index (χ4n) is 1.94. The van der Waals surface area contributed by atoms with Crippen molar-refractivity contribution in [1.29, 1.82) is 0 Å². The van der Waals surface area contributed by atoms with Crippen LogP contribution in [0.4, 0.5) is 0 Å². The third-order valence-corrected chi connectivity index (χ3v) is 3.62. The van der Waals surface area contributed by atoms with Crippen molar-refractivity contribution >= 4 is 8.32 Å². The molecular formula is C16H20OSi. The molecule has 0 aliphatic carbocycles. The average Bonchev–Trinajstić information content (AvgIpc) is 2.37. The maximum absolute atomic E-state index is 6.35. The molecule has 0 saturated heterocycles. The summed E-state index contributed by atoms with van der Waals surface area (Å²) in [5.41, 5.74) is 2.46. The van der Waals surface area contributed by atoms with Crippen LogP contribution in [0, 0.1) is 0 Å². The minimum Gasteiger partial charge on any atom is -0.407 e. The van der Waals surface area contributed by atoms with Crippen molar-refractivity contribution in [2.24, 2.45) is 0 Å². The molecule has 0 atom stereocenters. The summed E-state index contributed by atoms with van der Waals surface area (Å²) < 4.78 is 6.35. The molecule has 0 aromatic heterocycles. The first-order valence-corrected chi connectivity index (χ1v) is 9.75. The molecule has 1 nitrogen and oxygen atoms in total. The largest absolute Gasteiger partial charge is 0.407 e. The minimum absolute atomic E-state index is 0.0547. The van der Waals surface area contributed by atoms with Gasteiger partial charge in [-0.2, -0.15) is 0 Å². The van der Waals surface area contributed by atoms with E-state index in [0.29, 0.717) is 0 Å². The number of hydrogen-bond acceptors (Lipinski definition) is 1. The lowest BCUT2D eigenvalue weighted by Gasteiger charge is -2.27. The van der Waals surface area contributed by atoms with Gasteiger partial charge in [0.05, 0.1) is 6.10 Å². The highest BCUT2D eigenvalue weighted by molar-refractivity contribution is 6.69. The van der Waals surface area contributed by atoms with Crippen LogP contribution in [0.15, 0.2) is 60.7 Å². The highest BCUT2D eigenvalue weighted by Gasteiger charge is 2.23. The lowest BCUT2D eigenvalue weighted by molar-refractivity contribution is 0.240. The van der Waals surface area contributed by atoms with E-state index in [0.717, 1.165) is 0 Å². The van der Waals surface area contributed by atoms with Crippen LogP contribution < -0.4 is 0 Å². The van der Waals surface area contributed by atoms with Crippen LogP contribution in [-0.2, 0) is 4.43 Å². The fourth-order valence-corrected chi connectivity index (χ4v) is 2.92. The first-order valence-electron chi connectivity index (χ1n) is 6.34. The molecule has 94 valence electrons. The molecule has 0 N–H and O–H groups in total. The van der Waals surface area contributed by atoms with E-state index in [2.05, 4.69) is 68.2 Å². The van der Waals surface area contributed by atoms with E-state index in [1.807, 2.05) is 12.1 Å². The molecule has 0 bridgehead atoms. The number of benzene rings is 2. The second-order valence-corrected chi connectivity index (χ2v) is 9.89. The van der Waals surface area contributed by atoms with Gasteiger partial charge in [0.1, 0.15) is 0 Å². The molecule has 18 heavy (non-hydrogen) atoms. The lowest BCUT2D eigenvalue weighted by Crippen LogP contribution is -2.28. The van der Waals surface area contributed by atoms with Crippen molar-refractivity contribution in [2.75, 3.05) is 0 Å². The van der Waals surface area contributed by atoms with Crippen LogP contribution in [-0.4, -0.2) is 8.32 Å². The van der Waals surface area contributed by atoms with E-state index in [1.54, 1.807) is 0 Å². The molecular weight excluding hydrogens is 236 g/mol. The van der Waals surface area contributed by atoms with E-state index in [-0.39, 0.29) is 6.10 Å². The Morgan fingerprint density at radius 1 is 0.722 bits per heavy atom. The Balaban J connectivity index is 2.36. The van der Waals surface area contributed by atoms with Gasteiger partial charge in [-0.05, 0) is 30.8 Å². The van der Waals surface area contributed by atoms with Crippen molar-refractivity contribution in [3.63, 3.8) is 0 Å². The van der Waals surface area contributed by atoms with Crippen LogP contribution >= 0.6 is 0 Å². The summed E-state index contributed by atoms with van der Waals surface area (Å²) >= 11 is 0.